The number of carboxylic acids is 1. The fourth-order valence-electron chi connectivity index (χ4n) is 1.92. The molecular formula is C11H8BrClFNO3. The molecule has 0 bridgehead atoms. The van der Waals surface area contributed by atoms with Gasteiger partial charge in [0.15, 0.2) is 0 Å². The Morgan fingerprint density at radius 1 is 1.56 bits per heavy atom. The van der Waals surface area contributed by atoms with E-state index in [0.29, 0.717) is 10.2 Å². The van der Waals surface area contributed by atoms with Gasteiger partial charge in [-0.2, -0.15) is 0 Å². The van der Waals surface area contributed by atoms with E-state index in [1.807, 2.05) is 0 Å². The molecule has 0 spiro atoms. The van der Waals surface area contributed by atoms with Crippen LogP contribution in [0.25, 0.3) is 0 Å². The smallest absolute Gasteiger partial charge is 0.316 e. The average Bonchev–Trinajstić information content (AvgIpc) is 2.59. The van der Waals surface area contributed by atoms with E-state index in [2.05, 4.69) is 15.9 Å². The van der Waals surface area contributed by atoms with E-state index < -0.39 is 23.6 Å². The highest BCUT2D eigenvalue weighted by molar-refractivity contribution is 9.10. The van der Waals surface area contributed by atoms with E-state index in [-0.39, 0.29) is 18.0 Å². The maximum atomic E-state index is 13.1. The van der Waals surface area contributed by atoms with E-state index in [9.17, 15) is 14.0 Å². The first-order valence-electron chi connectivity index (χ1n) is 5.10. The van der Waals surface area contributed by atoms with Crippen LogP contribution in [0.2, 0.25) is 5.02 Å². The third kappa shape index (κ3) is 2.22. The van der Waals surface area contributed by atoms with Crippen molar-refractivity contribution in [3.05, 3.63) is 27.4 Å². The average molecular weight is 337 g/mol. The van der Waals surface area contributed by atoms with E-state index in [4.69, 9.17) is 16.7 Å². The summed E-state index contributed by atoms with van der Waals surface area (Å²) < 4.78 is 13.4. The van der Waals surface area contributed by atoms with Gasteiger partial charge in [0.25, 0.3) is 0 Å². The van der Waals surface area contributed by atoms with Crippen LogP contribution in [-0.2, 0) is 9.59 Å². The van der Waals surface area contributed by atoms with Crippen LogP contribution in [0, 0.1) is 11.7 Å². The summed E-state index contributed by atoms with van der Waals surface area (Å²) in [7, 11) is 0. The Kier molecular flexibility index (Phi) is 3.59. The van der Waals surface area contributed by atoms with Crippen LogP contribution >= 0.6 is 27.5 Å². The lowest BCUT2D eigenvalue weighted by Crippen LogP contribution is -2.30. The first-order chi connectivity index (χ1) is 8.41. The van der Waals surface area contributed by atoms with Gasteiger partial charge in [-0.3, -0.25) is 9.59 Å². The molecule has 1 fully saturated rings. The van der Waals surface area contributed by atoms with Crippen LogP contribution < -0.4 is 4.90 Å². The number of benzene rings is 1. The second kappa shape index (κ2) is 4.85. The van der Waals surface area contributed by atoms with Gasteiger partial charge in [-0.1, -0.05) is 11.6 Å². The Morgan fingerprint density at radius 3 is 2.72 bits per heavy atom. The van der Waals surface area contributed by atoms with E-state index in [1.54, 1.807) is 0 Å². The molecule has 1 saturated heterocycles. The highest BCUT2D eigenvalue weighted by Gasteiger charge is 2.39. The molecule has 7 heteroatoms. The Hall–Kier alpha value is -1.14. The molecule has 0 radical (unpaired) electrons. The molecule has 4 nitrogen and oxygen atoms in total. The summed E-state index contributed by atoms with van der Waals surface area (Å²) >= 11 is 9.02. The molecule has 1 aromatic carbocycles. The number of carbonyl (C=O) groups excluding carboxylic acids is 1. The van der Waals surface area contributed by atoms with Gasteiger partial charge in [0.2, 0.25) is 5.91 Å². The lowest BCUT2D eigenvalue weighted by Gasteiger charge is -2.19. The predicted molar refractivity (Wildman–Crippen MR) is 67.2 cm³/mol. The molecule has 0 aromatic heterocycles. The highest BCUT2D eigenvalue weighted by Crippen LogP contribution is 2.38. The number of carbonyl (C=O) groups is 2. The summed E-state index contributed by atoms with van der Waals surface area (Å²) in [5.74, 6) is -3.27. The van der Waals surface area contributed by atoms with E-state index in [1.165, 1.54) is 11.0 Å². The first kappa shape index (κ1) is 13.3. The third-order valence-corrected chi connectivity index (χ3v) is 3.65. The Morgan fingerprint density at radius 2 is 2.22 bits per heavy atom. The Labute approximate surface area is 115 Å². The zero-order valence-electron chi connectivity index (χ0n) is 8.99. The summed E-state index contributed by atoms with van der Waals surface area (Å²) in [5.41, 5.74) is 0.312. The van der Waals surface area contributed by atoms with Gasteiger partial charge in [0, 0.05) is 11.0 Å². The summed E-state index contributed by atoms with van der Waals surface area (Å²) in [6.07, 6.45) is 0.217. The van der Waals surface area contributed by atoms with Crippen molar-refractivity contribution in [3.63, 3.8) is 0 Å². The molecule has 0 aliphatic carbocycles. The standard InChI is InChI=1S/C11H8BrClFNO3/c12-7-3-5(14)4-8(13)9(7)15-2-1-6(10(15)16)11(17)18/h3-4,6H,1-2H2,(H,17,18). The molecule has 2 rings (SSSR count). The van der Waals surface area contributed by atoms with Crippen molar-refractivity contribution in [1.29, 1.82) is 0 Å². The molecule has 1 heterocycles. The summed E-state index contributed by atoms with van der Waals surface area (Å²) in [5, 5.41) is 8.95. The molecule has 1 aliphatic rings. The number of rotatable bonds is 2. The van der Waals surface area contributed by atoms with Gasteiger partial charge in [-0.15, -0.1) is 0 Å². The number of amides is 1. The fraction of sp³-hybridized carbons (Fsp3) is 0.273. The molecule has 1 atom stereocenters. The zero-order valence-corrected chi connectivity index (χ0v) is 11.3. The number of hydrogen-bond donors (Lipinski definition) is 1. The number of hydrogen-bond acceptors (Lipinski definition) is 2. The molecule has 1 N–H and O–H groups in total. The van der Waals surface area contributed by atoms with Crippen LogP contribution in [-0.4, -0.2) is 23.5 Å². The second-order valence-corrected chi connectivity index (χ2v) is 5.15. The van der Waals surface area contributed by atoms with Crippen LogP contribution in [0.3, 0.4) is 0 Å². The number of anilines is 1. The lowest BCUT2D eigenvalue weighted by atomic mass is 10.1. The largest absolute Gasteiger partial charge is 0.481 e. The fourth-order valence-corrected chi connectivity index (χ4v) is 2.99. The SMILES string of the molecule is O=C(O)C1CCN(c2c(Cl)cc(F)cc2Br)C1=O. The summed E-state index contributed by atoms with van der Waals surface area (Å²) in [6.45, 7) is 0.250. The third-order valence-electron chi connectivity index (χ3n) is 2.76. The maximum absolute atomic E-state index is 13.1. The van der Waals surface area contributed by atoms with Gasteiger partial charge in [-0.25, -0.2) is 4.39 Å². The van der Waals surface area contributed by atoms with Crippen molar-refractivity contribution in [3.8, 4) is 0 Å². The lowest BCUT2D eigenvalue weighted by molar-refractivity contribution is -0.144. The second-order valence-electron chi connectivity index (χ2n) is 3.89. The minimum Gasteiger partial charge on any atom is -0.481 e. The molecule has 1 aliphatic heterocycles. The topological polar surface area (TPSA) is 57.6 Å². The van der Waals surface area contributed by atoms with E-state index in [0.717, 1.165) is 6.07 Å². The van der Waals surface area contributed by atoms with Gasteiger partial charge in [0.1, 0.15) is 11.7 Å². The molecule has 1 unspecified atom stereocenters. The van der Waals surface area contributed by atoms with Crippen LogP contribution in [0.1, 0.15) is 6.42 Å². The molecule has 1 amide bonds. The Balaban J connectivity index is 2.40. The van der Waals surface area contributed by atoms with Crippen LogP contribution in [0.4, 0.5) is 10.1 Å². The quantitative estimate of drug-likeness (QED) is 0.845. The molecule has 18 heavy (non-hydrogen) atoms. The summed E-state index contributed by atoms with van der Waals surface area (Å²) in [4.78, 5) is 24.0. The molecule has 0 saturated carbocycles. The predicted octanol–water partition coefficient (Wildman–Crippen LogP) is 2.68. The minimum absolute atomic E-state index is 0.0706. The van der Waals surface area contributed by atoms with Crippen LogP contribution in [0.15, 0.2) is 16.6 Å². The monoisotopic (exact) mass is 335 g/mol. The first-order valence-corrected chi connectivity index (χ1v) is 6.27. The van der Waals surface area contributed by atoms with Gasteiger partial charge < -0.3 is 10.0 Å². The van der Waals surface area contributed by atoms with Crippen molar-refractivity contribution in [2.75, 3.05) is 11.4 Å². The van der Waals surface area contributed by atoms with Crippen molar-refractivity contribution >= 4 is 45.1 Å². The summed E-state index contributed by atoms with van der Waals surface area (Å²) in [6, 6.07) is 2.27. The minimum atomic E-state index is -1.16. The number of aliphatic carboxylic acids is 1. The van der Waals surface area contributed by atoms with E-state index >= 15 is 0 Å². The van der Waals surface area contributed by atoms with Gasteiger partial charge in [0.05, 0.1) is 10.7 Å². The highest BCUT2D eigenvalue weighted by atomic mass is 79.9. The van der Waals surface area contributed by atoms with Crippen molar-refractivity contribution in [2.24, 2.45) is 5.92 Å². The number of carboxylic acid groups (broad SMARTS) is 1. The maximum Gasteiger partial charge on any atom is 0.316 e. The van der Waals surface area contributed by atoms with Crippen molar-refractivity contribution in [2.45, 2.75) is 6.42 Å². The normalized spacial score (nSPS) is 19.4. The molecule has 96 valence electrons. The van der Waals surface area contributed by atoms with Gasteiger partial charge in [-0.05, 0) is 34.5 Å². The molecular weight excluding hydrogens is 328 g/mol. The van der Waals surface area contributed by atoms with Crippen LogP contribution in [0.5, 0.6) is 0 Å². The number of halogens is 3. The van der Waals surface area contributed by atoms with Crippen molar-refractivity contribution in [1.82, 2.24) is 0 Å². The molecule has 1 aromatic rings. The number of nitrogens with zero attached hydrogens (tertiary/aromatic N) is 1. The zero-order chi connectivity index (χ0) is 13.4. The van der Waals surface area contributed by atoms with Gasteiger partial charge >= 0.3 is 5.97 Å². The Bertz CT molecular complexity index is 514. The van der Waals surface area contributed by atoms with Crippen molar-refractivity contribution < 1.29 is 19.1 Å².